The second-order valence-electron chi connectivity index (χ2n) is 7.11. The molecule has 0 aliphatic carbocycles. The number of hydrogen-bond acceptors (Lipinski definition) is 4. The van der Waals surface area contributed by atoms with Gasteiger partial charge in [-0.1, -0.05) is 43.9 Å². The van der Waals surface area contributed by atoms with E-state index in [0.717, 1.165) is 17.8 Å². The Morgan fingerprint density at radius 3 is 2.72 bits per heavy atom. The maximum atomic E-state index is 12.7. The second-order valence-corrected chi connectivity index (χ2v) is 8.48. The Hall–Kier alpha value is -2.12. The fourth-order valence-corrected chi connectivity index (χ4v) is 3.69. The highest BCUT2D eigenvalue weighted by molar-refractivity contribution is 7.09. The lowest BCUT2D eigenvalue weighted by molar-refractivity contribution is 0.0948. The average molecular weight is 437 g/mol. The number of hydrogen-bond donors (Lipinski definition) is 2. The topological polar surface area (TPSA) is 74.3 Å². The zero-order chi connectivity index (χ0) is 21.2. The summed E-state index contributed by atoms with van der Waals surface area (Å²) in [6.45, 7) is 7.03. The van der Waals surface area contributed by atoms with Gasteiger partial charge in [-0.15, -0.1) is 11.3 Å². The van der Waals surface area contributed by atoms with Crippen LogP contribution in [0, 0.1) is 0 Å². The van der Waals surface area contributed by atoms with E-state index in [1.165, 1.54) is 24.2 Å². The lowest BCUT2D eigenvalue weighted by Crippen LogP contribution is -2.39. The molecule has 158 valence electrons. The number of halogens is 1. The molecular formula is C21H29ClN4O2S. The predicted molar refractivity (Wildman–Crippen MR) is 120 cm³/mol. The van der Waals surface area contributed by atoms with Crippen LogP contribution >= 0.6 is 22.9 Å². The van der Waals surface area contributed by atoms with Crippen molar-refractivity contribution < 1.29 is 9.59 Å². The van der Waals surface area contributed by atoms with Crippen molar-refractivity contribution in [3.05, 3.63) is 45.4 Å². The summed E-state index contributed by atoms with van der Waals surface area (Å²) < 4.78 is 0. The fraction of sp³-hybridized carbons (Fsp3) is 0.476. The molecule has 8 heteroatoms. The van der Waals surface area contributed by atoms with Crippen molar-refractivity contribution in [2.24, 2.45) is 0 Å². The fourth-order valence-electron chi connectivity index (χ4n) is 2.73. The van der Waals surface area contributed by atoms with Crippen LogP contribution in [0.2, 0.25) is 5.02 Å². The molecule has 0 aliphatic heterocycles. The third-order valence-corrected chi connectivity index (χ3v) is 5.43. The highest BCUT2D eigenvalue weighted by Gasteiger charge is 2.20. The predicted octanol–water partition coefficient (Wildman–Crippen LogP) is 5.55. The molecule has 2 N–H and O–H groups in total. The van der Waals surface area contributed by atoms with Gasteiger partial charge in [0.1, 0.15) is 10.7 Å². The van der Waals surface area contributed by atoms with E-state index in [1.807, 2.05) is 13.8 Å². The molecule has 2 rings (SSSR count). The van der Waals surface area contributed by atoms with Crippen molar-refractivity contribution in [2.45, 2.75) is 59.0 Å². The van der Waals surface area contributed by atoms with Gasteiger partial charge in [0.2, 0.25) is 0 Å². The van der Waals surface area contributed by atoms with Crippen molar-refractivity contribution >= 4 is 40.6 Å². The van der Waals surface area contributed by atoms with E-state index in [-0.39, 0.29) is 18.0 Å². The third kappa shape index (κ3) is 7.66. The number of unbranched alkanes of at least 4 members (excludes halogenated alkanes) is 3. The van der Waals surface area contributed by atoms with Crippen molar-refractivity contribution in [1.29, 1.82) is 0 Å². The Labute approximate surface area is 181 Å². The summed E-state index contributed by atoms with van der Waals surface area (Å²) >= 11 is 7.36. The van der Waals surface area contributed by atoms with Crippen LogP contribution in [0.4, 0.5) is 10.5 Å². The zero-order valence-electron chi connectivity index (χ0n) is 17.2. The number of urea groups is 1. The van der Waals surface area contributed by atoms with E-state index in [4.69, 9.17) is 11.6 Å². The number of amides is 3. The summed E-state index contributed by atoms with van der Waals surface area (Å²) in [4.78, 5) is 31.0. The zero-order valence-corrected chi connectivity index (χ0v) is 18.8. The third-order valence-electron chi connectivity index (χ3n) is 4.37. The lowest BCUT2D eigenvalue weighted by Gasteiger charge is -2.26. The van der Waals surface area contributed by atoms with Crippen molar-refractivity contribution in [1.82, 2.24) is 15.2 Å². The first-order chi connectivity index (χ1) is 13.9. The molecule has 1 heterocycles. The van der Waals surface area contributed by atoms with Gasteiger partial charge in [-0.2, -0.15) is 0 Å². The quantitative estimate of drug-likeness (QED) is 0.479. The van der Waals surface area contributed by atoms with Gasteiger partial charge >= 0.3 is 6.03 Å². The van der Waals surface area contributed by atoms with Crippen LogP contribution in [0.25, 0.3) is 0 Å². The maximum absolute atomic E-state index is 12.7. The number of aromatic nitrogens is 1. The van der Waals surface area contributed by atoms with Gasteiger partial charge in [0.15, 0.2) is 0 Å². The largest absolute Gasteiger partial charge is 0.351 e. The minimum Gasteiger partial charge on any atom is -0.351 e. The molecule has 29 heavy (non-hydrogen) atoms. The Balaban J connectivity index is 1.93. The minimum atomic E-state index is -0.237. The van der Waals surface area contributed by atoms with E-state index in [0.29, 0.717) is 29.5 Å². The molecule has 6 nitrogen and oxygen atoms in total. The Bertz CT molecular complexity index is 809. The van der Waals surface area contributed by atoms with Gasteiger partial charge in [0, 0.05) is 28.7 Å². The first-order valence-electron chi connectivity index (χ1n) is 9.96. The molecule has 1 aromatic heterocycles. The number of benzene rings is 1. The molecular weight excluding hydrogens is 408 g/mol. The molecule has 1 aromatic carbocycles. The van der Waals surface area contributed by atoms with Crippen LogP contribution in [0.3, 0.4) is 0 Å². The van der Waals surface area contributed by atoms with Gasteiger partial charge in [0.25, 0.3) is 5.91 Å². The van der Waals surface area contributed by atoms with Crippen molar-refractivity contribution in [3.8, 4) is 0 Å². The van der Waals surface area contributed by atoms with E-state index in [9.17, 15) is 9.59 Å². The molecule has 3 amide bonds. The van der Waals surface area contributed by atoms with Crippen LogP contribution in [0.15, 0.2) is 29.6 Å². The van der Waals surface area contributed by atoms with Gasteiger partial charge in [-0.05, 0) is 38.5 Å². The van der Waals surface area contributed by atoms with Gasteiger partial charge < -0.3 is 15.5 Å². The molecule has 0 bridgehead atoms. The van der Waals surface area contributed by atoms with Crippen LogP contribution in [0.5, 0.6) is 0 Å². The van der Waals surface area contributed by atoms with Gasteiger partial charge in [0.05, 0.1) is 6.54 Å². The van der Waals surface area contributed by atoms with Crippen LogP contribution in [0.1, 0.15) is 62.0 Å². The van der Waals surface area contributed by atoms with Crippen LogP contribution in [-0.4, -0.2) is 34.4 Å². The smallest absolute Gasteiger partial charge is 0.322 e. The van der Waals surface area contributed by atoms with E-state index < -0.39 is 0 Å². The Morgan fingerprint density at radius 1 is 1.24 bits per heavy atom. The standard InChI is InChI=1S/C21H29ClN4O2S/c1-4-5-6-7-11-23-20(27)18-14-29-19(25-18)13-26(15(2)3)21(28)24-17-10-8-9-16(22)12-17/h8-10,12,14-15H,4-7,11,13H2,1-3H3,(H,23,27)(H,24,28). The summed E-state index contributed by atoms with van der Waals surface area (Å²) in [5, 5.41) is 8.78. The SMILES string of the molecule is CCCCCCNC(=O)c1csc(CN(C(=O)Nc2cccc(Cl)c2)C(C)C)n1. The van der Waals surface area contributed by atoms with Gasteiger partial charge in [-0.25, -0.2) is 9.78 Å². The number of rotatable bonds is 10. The van der Waals surface area contributed by atoms with Crippen molar-refractivity contribution in [3.63, 3.8) is 0 Å². The number of carbonyl (C=O) groups excluding carboxylic acids is 2. The van der Waals surface area contributed by atoms with Crippen molar-refractivity contribution in [2.75, 3.05) is 11.9 Å². The number of nitrogens with zero attached hydrogens (tertiary/aromatic N) is 2. The monoisotopic (exact) mass is 436 g/mol. The number of nitrogens with one attached hydrogen (secondary N) is 2. The second kappa shape index (κ2) is 11.8. The molecule has 2 aromatic rings. The highest BCUT2D eigenvalue weighted by Crippen LogP contribution is 2.18. The summed E-state index contributed by atoms with van der Waals surface area (Å²) in [7, 11) is 0. The molecule has 0 fully saturated rings. The molecule has 0 atom stereocenters. The van der Waals surface area contributed by atoms with Crippen LogP contribution < -0.4 is 10.6 Å². The van der Waals surface area contributed by atoms with E-state index in [2.05, 4.69) is 22.5 Å². The molecule has 0 saturated heterocycles. The number of anilines is 1. The summed E-state index contributed by atoms with van der Waals surface area (Å²) in [6.07, 6.45) is 4.44. The van der Waals surface area contributed by atoms with E-state index >= 15 is 0 Å². The molecule has 0 unspecified atom stereocenters. The number of thiazole rings is 1. The lowest BCUT2D eigenvalue weighted by atomic mass is 10.2. The Kier molecular flexibility index (Phi) is 9.41. The molecule has 0 aliphatic rings. The molecule has 0 radical (unpaired) electrons. The molecule has 0 saturated carbocycles. The first-order valence-corrected chi connectivity index (χ1v) is 11.2. The first kappa shape index (κ1) is 23.2. The minimum absolute atomic E-state index is 0.0334. The normalized spacial score (nSPS) is 10.8. The average Bonchev–Trinajstić information content (AvgIpc) is 3.14. The summed E-state index contributed by atoms with van der Waals surface area (Å²) in [6, 6.07) is 6.75. The van der Waals surface area contributed by atoms with Gasteiger partial charge in [-0.3, -0.25) is 4.79 Å². The number of carbonyl (C=O) groups is 2. The van der Waals surface area contributed by atoms with E-state index in [1.54, 1.807) is 34.5 Å². The Morgan fingerprint density at radius 2 is 2.03 bits per heavy atom. The maximum Gasteiger partial charge on any atom is 0.322 e. The summed E-state index contributed by atoms with van der Waals surface area (Å²) in [5.41, 5.74) is 1.04. The summed E-state index contributed by atoms with van der Waals surface area (Å²) in [5.74, 6) is -0.163. The highest BCUT2D eigenvalue weighted by atomic mass is 35.5. The van der Waals surface area contributed by atoms with Crippen LogP contribution in [-0.2, 0) is 6.54 Å². The molecule has 0 spiro atoms.